The third kappa shape index (κ3) is 5.83. The zero-order valence-corrected chi connectivity index (χ0v) is 15.3. The lowest BCUT2D eigenvalue weighted by atomic mass is 10.1. The summed E-state index contributed by atoms with van der Waals surface area (Å²) in [4.78, 5) is 23.8. The molecule has 4 nitrogen and oxygen atoms in total. The van der Waals surface area contributed by atoms with Gasteiger partial charge < -0.3 is 10.1 Å². The Kier molecular flexibility index (Phi) is 6.47. The summed E-state index contributed by atoms with van der Waals surface area (Å²) < 4.78 is 19.3. The van der Waals surface area contributed by atoms with E-state index in [2.05, 4.69) is 21.2 Å². The number of amides is 1. The predicted octanol–water partition coefficient (Wildman–Crippen LogP) is 4.48. The summed E-state index contributed by atoms with van der Waals surface area (Å²) in [6, 6.07) is 11.8. The van der Waals surface area contributed by atoms with E-state index in [0.717, 1.165) is 11.1 Å². The summed E-state index contributed by atoms with van der Waals surface area (Å²) in [6.45, 7) is 3.37. The molecule has 0 fully saturated rings. The topological polar surface area (TPSA) is 55.4 Å². The van der Waals surface area contributed by atoms with Gasteiger partial charge in [0.2, 0.25) is 0 Å². The van der Waals surface area contributed by atoms with Crippen LogP contribution in [0, 0.1) is 12.7 Å². The van der Waals surface area contributed by atoms with E-state index in [4.69, 9.17) is 4.74 Å². The van der Waals surface area contributed by atoms with Crippen molar-refractivity contribution in [1.82, 2.24) is 0 Å². The minimum atomic E-state index is -1.06. The maximum absolute atomic E-state index is 13.7. The van der Waals surface area contributed by atoms with Gasteiger partial charge in [0.1, 0.15) is 5.82 Å². The van der Waals surface area contributed by atoms with Crippen molar-refractivity contribution in [2.75, 3.05) is 5.32 Å². The normalized spacial score (nSPS) is 12.0. The number of hydrogen-bond acceptors (Lipinski definition) is 3. The monoisotopic (exact) mass is 405 g/mol. The van der Waals surface area contributed by atoms with Gasteiger partial charge in [-0.05, 0) is 43.7 Å². The van der Waals surface area contributed by atoms with Gasteiger partial charge >= 0.3 is 5.97 Å². The van der Waals surface area contributed by atoms with E-state index in [1.54, 1.807) is 12.1 Å². The summed E-state index contributed by atoms with van der Waals surface area (Å²) in [5, 5.41) is 2.39. The van der Waals surface area contributed by atoms with E-state index in [1.807, 2.05) is 31.2 Å². The first-order valence-corrected chi connectivity index (χ1v) is 8.36. The van der Waals surface area contributed by atoms with Gasteiger partial charge in [-0.3, -0.25) is 4.79 Å². The number of esters is 1. The number of ether oxygens (including phenoxy) is 1. The summed E-state index contributed by atoms with van der Waals surface area (Å²) in [5.74, 6) is -1.85. The van der Waals surface area contributed by atoms with E-state index >= 15 is 0 Å². The second-order valence-electron chi connectivity index (χ2n) is 5.44. The van der Waals surface area contributed by atoms with Gasteiger partial charge in [-0.25, -0.2) is 9.18 Å². The molecule has 2 rings (SSSR count). The Morgan fingerprint density at radius 2 is 2.00 bits per heavy atom. The molecule has 1 N–H and O–H groups in total. The van der Waals surface area contributed by atoms with Crippen molar-refractivity contribution in [3.8, 4) is 0 Å². The largest absolute Gasteiger partial charge is 0.449 e. The van der Waals surface area contributed by atoms with Crippen molar-refractivity contribution in [3.05, 3.63) is 70.0 Å². The predicted molar refractivity (Wildman–Crippen MR) is 98.5 cm³/mol. The SMILES string of the molecule is Cc1cccc(/C=C/C(=O)O[C@H](C)C(=O)Nc2ccc(Br)cc2F)c1. The molecule has 6 heteroatoms. The fourth-order valence-electron chi connectivity index (χ4n) is 2.03. The number of rotatable bonds is 5. The van der Waals surface area contributed by atoms with Crippen LogP contribution < -0.4 is 5.32 Å². The second kappa shape index (κ2) is 8.58. The highest BCUT2D eigenvalue weighted by Crippen LogP contribution is 2.19. The van der Waals surface area contributed by atoms with Gasteiger partial charge in [0, 0.05) is 10.5 Å². The average molecular weight is 406 g/mol. The Labute approximate surface area is 153 Å². The highest BCUT2D eigenvalue weighted by molar-refractivity contribution is 9.10. The molecule has 2 aromatic carbocycles. The molecule has 1 atom stereocenters. The fraction of sp³-hybridized carbons (Fsp3) is 0.158. The average Bonchev–Trinajstić information content (AvgIpc) is 2.55. The molecule has 0 radical (unpaired) electrons. The van der Waals surface area contributed by atoms with Crippen LogP contribution in [0.2, 0.25) is 0 Å². The molecule has 130 valence electrons. The third-order valence-electron chi connectivity index (χ3n) is 3.31. The lowest BCUT2D eigenvalue weighted by Gasteiger charge is -2.13. The van der Waals surface area contributed by atoms with Gasteiger partial charge in [0.15, 0.2) is 6.10 Å². The molecule has 0 spiro atoms. The fourth-order valence-corrected chi connectivity index (χ4v) is 2.36. The molecule has 0 aliphatic rings. The zero-order chi connectivity index (χ0) is 18.4. The first kappa shape index (κ1) is 18.9. The van der Waals surface area contributed by atoms with Crippen LogP contribution in [0.15, 0.2) is 53.0 Å². The maximum Gasteiger partial charge on any atom is 0.331 e. The number of anilines is 1. The van der Waals surface area contributed by atoms with Crippen molar-refractivity contribution < 1.29 is 18.7 Å². The summed E-state index contributed by atoms with van der Waals surface area (Å²) >= 11 is 3.14. The molecule has 25 heavy (non-hydrogen) atoms. The molecule has 0 aliphatic carbocycles. The van der Waals surface area contributed by atoms with Gasteiger partial charge in [-0.2, -0.15) is 0 Å². The molecule has 0 heterocycles. The van der Waals surface area contributed by atoms with Crippen LogP contribution in [0.4, 0.5) is 10.1 Å². The van der Waals surface area contributed by atoms with Crippen molar-refractivity contribution in [3.63, 3.8) is 0 Å². The van der Waals surface area contributed by atoms with Crippen LogP contribution in [0.1, 0.15) is 18.1 Å². The van der Waals surface area contributed by atoms with Crippen molar-refractivity contribution >= 4 is 39.6 Å². The Hall–Kier alpha value is -2.47. The second-order valence-corrected chi connectivity index (χ2v) is 6.36. The van der Waals surface area contributed by atoms with Gasteiger partial charge in [-0.1, -0.05) is 45.8 Å². The highest BCUT2D eigenvalue weighted by atomic mass is 79.9. The van der Waals surface area contributed by atoms with Crippen LogP contribution in [-0.2, 0) is 14.3 Å². The molecule has 0 unspecified atom stereocenters. The Balaban J connectivity index is 1.92. The standard InChI is InChI=1S/C19H17BrFNO3/c1-12-4-3-5-14(10-12)6-9-18(23)25-13(2)19(24)22-17-8-7-15(20)11-16(17)21/h3-11,13H,1-2H3,(H,22,24)/b9-6+/t13-/m1/s1. The highest BCUT2D eigenvalue weighted by Gasteiger charge is 2.18. The van der Waals surface area contributed by atoms with E-state index in [9.17, 15) is 14.0 Å². The van der Waals surface area contributed by atoms with Gasteiger partial charge in [-0.15, -0.1) is 0 Å². The lowest BCUT2D eigenvalue weighted by Crippen LogP contribution is -2.29. The Morgan fingerprint density at radius 3 is 2.68 bits per heavy atom. The Bertz CT molecular complexity index is 820. The summed E-state index contributed by atoms with van der Waals surface area (Å²) in [7, 11) is 0. The molecular formula is C19H17BrFNO3. The quantitative estimate of drug-likeness (QED) is 0.589. The smallest absolute Gasteiger partial charge is 0.331 e. The maximum atomic E-state index is 13.7. The number of hydrogen-bond donors (Lipinski definition) is 1. The molecule has 0 saturated heterocycles. The zero-order valence-electron chi connectivity index (χ0n) is 13.8. The molecule has 2 aromatic rings. The molecule has 1 amide bonds. The van der Waals surface area contributed by atoms with Crippen LogP contribution >= 0.6 is 15.9 Å². The van der Waals surface area contributed by atoms with Crippen LogP contribution in [0.25, 0.3) is 6.08 Å². The van der Waals surface area contributed by atoms with Crippen LogP contribution in [0.5, 0.6) is 0 Å². The lowest BCUT2D eigenvalue weighted by molar-refractivity contribution is -0.148. The number of carbonyl (C=O) groups is 2. The summed E-state index contributed by atoms with van der Waals surface area (Å²) in [6.07, 6.45) is 1.80. The van der Waals surface area contributed by atoms with Crippen LogP contribution in [0.3, 0.4) is 0 Å². The summed E-state index contributed by atoms with van der Waals surface area (Å²) in [5.41, 5.74) is 1.94. The number of halogens is 2. The number of nitrogens with one attached hydrogen (secondary N) is 1. The minimum Gasteiger partial charge on any atom is -0.449 e. The molecule has 0 saturated carbocycles. The van der Waals surface area contributed by atoms with E-state index in [1.165, 1.54) is 25.1 Å². The van der Waals surface area contributed by atoms with Crippen LogP contribution in [-0.4, -0.2) is 18.0 Å². The number of benzene rings is 2. The van der Waals surface area contributed by atoms with E-state index in [0.29, 0.717) is 4.47 Å². The van der Waals surface area contributed by atoms with Gasteiger partial charge in [0.05, 0.1) is 5.69 Å². The third-order valence-corrected chi connectivity index (χ3v) is 3.80. The van der Waals surface area contributed by atoms with Crippen molar-refractivity contribution in [1.29, 1.82) is 0 Å². The molecular weight excluding hydrogens is 389 g/mol. The first-order valence-electron chi connectivity index (χ1n) is 7.56. The number of aryl methyl sites for hydroxylation is 1. The minimum absolute atomic E-state index is 0.0198. The Morgan fingerprint density at radius 1 is 1.24 bits per heavy atom. The van der Waals surface area contributed by atoms with E-state index in [-0.39, 0.29) is 5.69 Å². The molecule has 0 bridgehead atoms. The first-order chi connectivity index (χ1) is 11.8. The van der Waals surface area contributed by atoms with Crippen molar-refractivity contribution in [2.45, 2.75) is 20.0 Å². The number of carbonyl (C=O) groups excluding carboxylic acids is 2. The molecule has 0 aromatic heterocycles. The van der Waals surface area contributed by atoms with E-state index < -0.39 is 23.8 Å². The van der Waals surface area contributed by atoms with Gasteiger partial charge in [0.25, 0.3) is 5.91 Å². The molecule has 0 aliphatic heterocycles. The van der Waals surface area contributed by atoms with Crippen molar-refractivity contribution in [2.24, 2.45) is 0 Å².